The fourth-order valence-electron chi connectivity index (χ4n) is 3.33. The van der Waals surface area contributed by atoms with Gasteiger partial charge in [0.05, 0.1) is 10.7 Å². The maximum absolute atomic E-state index is 12.4. The summed E-state index contributed by atoms with van der Waals surface area (Å²) < 4.78 is 16.9. The number of nitrogens with zero attached hydrogens (tertiary/aromatic N) is 3. The Labute approximate surface area is 138 Å². The molecule has 1 aromatic rings. The number of aryl methyl sites for hydroxylation is 1. The van der Waals surface area contributed by atoms with Crippen molar-refractivity contribution < 1.29 is 13.5 Å². The van der Waals surface area contributed by atoms with E-state index in [2.05, 4.69) is 15.5 Å². The third-order valence-corrected chi connectivity index (χ3v) is 6.81. The minimum Gasteiger partial charge on any atom is -0.339 e. The number of amides is 2. The van der Waals surface area contributed by atoms with Gasteiger partial charge in [0.1, 0.15) is 0 Å². The van der Waals surface area contributed by atoms with Gasteiger partial charge < -0.3 is 14.7 Å². The van der Waals surface area contributed by atoms with Crippen LogP contribution >= 0.6 is 0 Å². The molecule has 2 amide bonds. The van der Waals surface area contributed by atoms with E-state index in [1.54, 1.807) is 18.1 Å². The van der Waals surface area contributed by atoms with Gasteiger partial charge in [0.2, 0.25) is 5.89 Å². The Bertz CT molecular complexity index is 599. The number of aromatic nitrogens is 2. The van der Waals surface area contributed by atoms with Gasteiger partial charge in [-0.05, 0) is 32.6 Å². The van der Waals surface area contributed by atoms with Crippen LogP contribution in [-0.4, -0.2) is 55.9 Å². The van der Waals surface area contributed by atoms with Crippen molar-refractivity contribution in [3.8, 4) is 0 Å². The molecule has 23 heavy (non-hydrogen) atoms. The molecule has 1 saturated heterocycles. The van der Waals surface area contributed by atoms with E-state index in [0.29, 0.717) is 24.8 Å². The smallest absolute Gasteiger partial charge is 0.317 e. The lowest BCUT2D eigenvalue weighted by molar-refractivity contribution is 0.169. The Balaban J connectivity index is 1.56. The molecule has 128 valence electrons. The van der Waals surface area contributed by atoms with E-state index >= 15 is 0 Å². The molecule has 0 unspecified atom stereocenters. The first-order chi connectivity index (χ1) is 11.0. The fourth-order valence-corrected chi connectivity index (χ4v) is 4.47. The second kappa shape index (κ2) is 6.59. The molecular formula is C15H24N4O3S. The predicted molar refractivity (Wildman–Crippen MR) is 86.6 cm³/mol. The summed E-state index contributed by atoms with van der Waals surface area (Å²) in [7, 11) is -0.904. The van der Waals surface area contributed by atoms with Gasteiger partial charge in [-0.25, -0.2) is 4.79 Å². The second-order valence-corrected chi connectivity index (χ2v) is 8.39. The Kier molecular flexibility index (Phi) is 4.70. The number of urea groups is 1. The van der Waals surface area contributed by atoms with Crippen molar-refractivity contribution in [3.05, 3.63) is 11.7 Å². The number of carbonyl (C=O) groups excluding carboxylic acids is 1. The number of nitrogens with one attached hydrogen (secondary N) is 1. The van der Waals surface area contributed by atoms with E-state index in [0.717, 1.165) is 38.6 Å². The van der Waals surface area contributed by atoms with E-state index in [1.807, 2.05) is 0 Å². The number of piperidine rings is 1. The van der Waals surface area contributed by atoms with Crippen molar-refractivity contribution >= 4 is 16.8 Å². The van der Waals surface area contributed by atoms with Gasteiger partial charge in [0.25, 0.3) is 0 Å². The van der Waals surface area contributed by atoms with Crippen molar-refractivity contribution in [2.24, 2.45) is 0 Å². The third kappa shape index (κ3) is 3.41. The molecule has 3 rings (SSSR count). The largest absolute Gasteiger partial charge is 0.339 e. The van der Waals surface area contributed by atoms with Crippen LogP contribution in [-0.2, 0) is 10.8 Å². The first kappa shape index (κ1) is 16.4. The molecule has 1 aliphatic heterocycles. The molecular weight excluding hydrogens is 316 g/mol. The molecule has 2 fully saturated rings. The molecule has 2 aliphatic rings. The SMILES string of the molecule is Cc1noc([C@H]2CCCN(C(=O)NCC3([S@](C)=O)CCC3)C2)n1. The van der Waals surface area contributed by atoms with Crippen molar-refractivity contribution in [1.29, 1.82) is 0 Å². The summed E-state index contributed by atoms with van der Waals surface area (Å²) in [6.07, 6.45) is 6.57. The molecule has 0 radical (unpaired) electrons. The van der Waals surface area contributed by atoms with Crippen LogP contribution in [0.25, 0.3) is 0 Å². The minimum absolute atomic E-state index is 0.0809. The van der Waals surface area contributed by atoms with Gasteiger partial charge in [0.15, 0.2) is 5.82 Å². The van der Waals surface area contributed by atoms with Crippen LogP contribution < -0.4 is 5.32 Å². The summed E-state index contributed by atoms with van der Waals surface area (Å²) in [6.45, 7) is 3.62. The first-order valence-corrected chi connectivity index (χ1v) is 9.72. The molecule has 1 saturated carbocycles. The zero-order chi connectivity index (χ0) is 16.4. The van der Waals surface area contributed by atoms with E-state index in [-0.39, 0.29) is 16.7 Å². The van der Waals surface area contributed by atoms with Crippen molar-refractivity contribution in [3.63, 3.8) is 0 Å². The fraction of sp³-hybridized carbons (Fsp3) is 0.800. The number of likely N-dealkylation sites (tertiary alicyclic amines) is 1. The number of hydrogen-bond donors (Lipinski definition) is 1. The van der Waals surface area contributed by atoms with Crippen molar-refractivity contribution in [1.82, 2.24) is 20.4 Å². The van der Waals surface area contributed by atoms with E-state index in [1.165, 1.54) is 0 Å². The molecule has 8 heteroatoms. The summed E-state index contributed by atoms with van der Waals surface area (Å²) in [4.78, 5) is 18.5. The Morgan fingerprint density at radius 2 is 2.26 bits per heavy atom. The van der Waals surface area contributed by atoms with Gasteiger partial charge in [-0.3, -0.25) is 4.21 Å². The number of hydrogen-bond acceptors (Lipinski definition) is 5. The van der Waals surface area contributed by atoms with Crippen molar-refractivity contribution in [2.75, 3.05) is 25.9 Å². The summed E-state index contributed by atoms with van der Waals surface area (Å²) in [5.41, 5.74) is 0. The van der Waals surface area contributed by atoms with Crippen molar-refractivity contribution in [2.45, 2.75) is 49.7 Å². The monoisotopic (exact) mass is 340 g/mol. The maximum Gasteiger partial charge on any atom is 0.317 e. The standard InChI is InChI=1S/C15H24N4O3S/c1-11-17-13(22-18-11)12-5-3-8-19(9-12)14(20)16-10-15(23(2)21)6-4-7-15/h12H,3-10H2,1-2H3,(H,16,20)/t12-,23-/m0/s1. The molecule has 2 heterocycles. The highest BCUT2D eigenvalue weighted by Gasteiger charge is 2.41. The Morgan fingerprint density at radius 3 is 2.83 bits per heavy atom. The van der Waals surface area contributed by atoms with Crippen LogP contribution in [0.1, 0.15) is 49.7 Å². The molecule has 1 aromatic heterocycles. The zero-order valence-electron chi connectivity index (χ0n) is 13.7. The zero-order valence-corrected chi connectivity index (χ0v) is 14.5. The van der Waals surface area contributed by atoms with E-state index in [9.17, 15) is 9.00 Å². The van der Waals surface area contributed by atoms with Crippen LogP contribution in [0.4, 0.5) is 4.79 Å². The highest BCUT2D eigenvalue weighted by Crippen LogP contribution is 2.36. The molecule has 0 bridgehead atoms. The van der Waals surface area contributed by atoms with Crippen LogP contribution in [0.15, 0.2) is 4.52 Å². The third-order valence-electron chi connectivity index (χ3n) is 5.04. The Hall–Kier alpha value is -1.44. The van der Waals surface area contributed by atoms with Gasteiger partial charge in [-0.2, -0.15) is 4.98 Å². The molecule has 7 nitrogen and oxygen atoms in total. The minimum atomic E-state index is -0.904. The van der Waals surface area contributed by atoms with Gasteiger partial charge in [-0.1, -0.05) is 11.6 Å². The summed E-state index contributed by atoms with van der Waals surface area (Å²) >= 11 is 0. The van der Waals surface area contributed by atoms with E-state index < -0.39 is 10.8 Å². The summed E-state index contributed by atoms with van der Waals surface area (Å²) in [5, 5.41) is 6.81. The Morgan fingerprint density at radius 1 is 1.48 bits per heavy atom. The lowest BCUT2D eigenvalue weighted by Gasteiger charge is -2.40. The average Bonchev–Trinajstić information content (AvgIpc) is 2.92. The van der Waals surface area contributed by atoms with Crippen LogP contribution in [0.3, 0.4) is 0 Å². The highest BCUT2D eigenvalue weighted by atomic mass is 32.2. The average molecular weight is 340 g/mol. The quantitative estimate of drug-likeness (QED) is 0.899. The molecule has 0 aromatic carbocycles. The first-order valence-electron chi connectivity index (χ1n) is 8.17. The summed E-state index contributed by atoms with van der Waals surface area (Å²) in [5.74, 6) is 1.35. The van der Waals surface area contributed by atoms with E-state index in [4.69, 9.17) is 4.52 Å². The number of rotatable bonds is 4. The molecule has 1 N–H and O–H groups in total. The van der Waals surface area contributed by atoms with Gasteiger partial charge in [0, 0.05) is 36.7 Å². The van der Waals surface area contributed by atoms with Crippen LogP contribution in [0, 0.1) is 6.92 Å². The molecule has 2 atom stereocenters. The predicted octanol–water partition coefficient (Wildman–Crippen LogP) is 1.57. The van der Waals surface area contributed by atoms with Crippen LogP contribution in [0.5, 0.6) is 0 Å². The van der Waals surface area contributed by atoms with Gasteiger partial charge in [-0.15, -0.1) is 0 Å². The lowest BCUT2D eigenvalue weighted by atomic mass is 9.84. The number of carbonyl (C=O) groups is 1. The normalized spacial score (nSPS) is 24.8. The maximum atomic E-state index is 12.4. The highest BCUT2D eigenvalue weighted by molar-refractivity contribution is 7.85. The topological polar surface area (TPSA) is 88.3 Å². The lowest BCUT2D eigenvalue weighted by Crippen LogP contribution is -2.54. The molecule has 1 aliphatic carbocycles. The molecule has 0 spiro atoms. The van der Waals surface area contributed by atoms with Crippen LogP contribution in [0.2, 0.25) is 0 Å². The summed E-state index contributed by atoms with van der Waals surface area (Å²) in [6, 6.07) is -0.0809. The second-order valence-electron chi connectivity index (χ2n) is 6.61. The van der Waals surface area contributed by atoms with Gasteiger partial charge >= 0.3 is 6.03 Å².